The first-order chi connectivity index (χ1) is 19.6. The number of benzene rings is 4. The highest BCUT2D eigenvalue weighted by molar-refractivity contribution is 6.31. The SMILES string of the molecule is CN1C(=O)[C@@]2(C=C(c3ccccc3)c3ccc4c(c3N2)C(=O)c2ccccc2C4=O)c2cc(OC(F)(F)F)ccc21. The first-order valence-corrected chi connectivity index (χ1v) is 12.7. The van der Waals surface area contributed by atoms with Gasteiger partial charge in [0.15, 0.2) is 17.1 Å². The lowest BCUT2D eigenvalue weighted by molar-refractivity contribution is -0.274. The van der Waals surface area contributed by atoms with Crippen molar-refractivity contribution in [3.8, 4) is 5.75 Å². The number of alkyl halides is 3. The highest BCUT2D eigenvalue weighted by Crippen LogP contribution is 2.52. The van der Waals surface area contributed by atoms with E-state index in [0.29, 0.717) is 16.8 Å². The molecule has 1 amide bonds. The Hall–Kier alpha value is -5.18. The molecule has 1 aliphatic carbocycles. The molecule has 9 heteroatoms. The molecule has 41 heavy (non-hydrogen) atoms. The van der Waals surface area contributed by atoms with E-state index in [0.717, 1.165) is 11.6 Å². The quantitative estimate of drug-likeness (QED) is 0.287. The van der Waals surface area contributed by atoms with Gasteiger partial charge in [0.05, 0.1) is 16.9 Å². The van der Waals surface area contributed by atoms with E-state index in [-0.39, 0.29) is 39.3 Å². The molecule has 0 fully saturated rings. The number of nitrogens with one attached hydrogen (secondary N) is 1. The normalized spacial score (nSPS) is 18.8. The molecule has 6 nitrogen and oxygen atoms in total. The Morgan fingerprint density at radius 2 is 1.44 bits per heavy atom. The second kappa shape index (κ2) is 8.41. The number of carbonyl (C=O) groups is 3. The maximum atomic E-state index is 14.0. The molecule has 1 spiro atoms. The fraction of sp³-hybridized carbons (Fsp3) is 0.0938. The second-order valence-electron chi connectivity index (χ2n) is 10.1. The van der Waals surface area contributed by atoms with Gasteiger partial charge in [-0.3, -0.25) is 14.4 Å². The Bertz CT molecular complexity index is 1860. The predicted octanol–water partition coefficient (Wildman–Crippen LogP) is 6.09. The topological polar surface area (TPSA) is 75.7 Å². The van der Waals surface area contributed by atoms with Crippen molar-refractivity contribution in [1.82, 2.24) is 0 Å². The molecule has 2 heterocycles. The van der Waals surface area contributed by atoms with Crippen molar-refractivity contribution in [3.63, 3.8) is 0 Å². The Balaban J connectivity index is 1.51. The summed E-state index contributed by atoms with van der Waals surface area (Å²) >= 11 is 0. The largest absolute Gasteiger partial charge is 0.573 e. The average Bonchev–Trinajstić information content (AvgIpc) is 3.15. The number of carbonyl (C=O) groups excluding carboxylic acids is 3. The van der Waals surface area contributed by atoms with Crippen LogP contribution < -0.4 is 15.0 Å². The van der Waals surface area contributed by atoms with Crippen molar-refractivity contribution in [2.45, 2.75) is 11.9 Å². The van der Waals surface area contributed by atoms with Crippen LogP contribution in [0, 0.1) is 0 Å². The monoisotopic (exact) mass is 552 g/mol. The highest BCUT2D eigenvalue weighted by Gasteiger charge is 2.52. The highest BCUT2D eigenvalue weighted by atomic mass is 19.4. The summed E-state index contributed by atoms with van der Waals surface area (Å²) in [5.74, 6) is -1.68. The van der Waals surface area contributed by atoms with Gasteiger partial charge in [-0.05, 0) is 41.5 Å². The number of halogens is 3. The van der Waals surface area contributed by atoms with Crippen LogP contribution in [0.2, 0.25) is 0 Å². The molecule has 0 bridgehead atoms. The van der Waals surface area contributed by atoms with E-state index in [1.54, 1.807) is 42.5 Å². The molecule has 0 aromatic heterocycles. The summed E-state index contributed by atoms with van der Waals surface area (Å²) in [7, 11) is 1.53. The summed E-state index contributed by atoms with van der Waals surface area (Å²) in [4.78, 5) is 42.8. The lowest BCUT2D eigenvalue weighted by Crippen LogP contribution is -2.46. The van der Waals surface area contributed by atoms with Crippen molar-refractivity contribution < 1.29 is 32.3 Å². The minimum atomic E-state index is -4.94. The van der Waals surface area contributed by atoms with Crippen LogP contribution in [-0.2, 0) is 10.3 Å². The van der Waals surface area contributed by atoms with Crippen LogP contribution >= 0.6 is 0 Å². The number of amides is 1. The summed E-state index contributed by atoms with van der Waals surface area (Å²) in [6.45, 7) is 0. The summed E-state index contributed by atoms with van der Waals surface area (Å²) < 4.78 is 43.7. The fourth-order valence-electron chi connectivity index (χ4n) is 5.99. The molecular weight excluding hydrogens is 533 g/mol. The van der Waals surface area contributed by atoms with Crippen LogP contribution in [0.25, 0.3) is 5.57 Å². The zero-order valence-electron chi connectivity index (χ0n) is 21.4. The third-order valence-electron chi connectivity index (χ3n) is 7.78. The number of anilines is 2. The number of hydrogen-bond donors (Lipinski definition) is 1. The van der Waals surface area contributed by atoms with E-state index < -0.39 is 29.3 Å². The summed E-state index contributed by atoms with van der Waals surface area (Å²) in [6.07, 6.45) is -3.27. The van der Waals surface area contributed by atoms with Gasteiger partial charge in [0.25, 0.3) is 5.91 Å². The maximum Gasteiger partial charge on any atom is 0.573 e. The zero-order valence-corrected chi connectivity index (χ0v) is 21.4. The predicted molar refractivity (Wildman–Crippen MR) is 145 cm³/mol. The minimum absolute atomic E-state index is 0.110. The molecule has 1 atom stereocenters. The van der Waals surface area contributed by atoms with Crippen LogP contribution in [-0.4, -0.2) is 30.9 Å². The standard InChI is InChI=1S/C32H19F3N2O4/c1-37-25-14-11-18(41-32(33,34)35)15-24(25)31(30(37)40)16-23(17-7-3-2-4-8-17)19-12-13-22-26(27(19)36-31)29(39)21-10-6-5-9-20(21)28(22)38/h2-16,36H,1H3/t31-/m1/s1. The Morgan fingerprint density at radius 1 is 0.780 bits per heavy atom. The minimum Gasteiger partial charge on any atom is -0.406 e. The van der Waals surface area contributed by atoms with Gasteiger partial charge in [-0.1, -0.05) is 60.7 Å². The van der Waals surface area contributed by atoms with E-state index in [1.807, 2.05) is 30.3 Å². The average molecular weight is 553 g/mol. The Labute approximate surface area is 231 Å². The van der Waals surface area contributed by atoms with E-state index in [9.17, 15) is 27.6 Å². The van der Waals surface area contributed by atoms with Crippen molar-refractivity contribution >= 4 is 34.4 Å². The van der Waals surface area contributed by atoms with Gasteiger partial charge in [0, 0.05) is 34.9 Å². The lowest BCUT2D eigenvalue weighted by atomic mass is 9.76. The number of fused-ring (bicyclic) bond motifs is 6. The van der Waals surface area contributed by atoms with E-state index in [1.165, 1.54) is 24.1 Å². The van der Waals surface area contributed by atoms with Crippen LogP contribution in [0.5, 0.6) is 5.75 Å². The van der Waals surface area contributed by atoms with Crippen LogP contribution in [0.1, 0.15) is 48.5 Å². The number of nitrogens with zero attached hydrogens (tertiary/aromatic N) is 1. The third kappa shape index (κ3) is 3.55. The first kappa shape index (κ1) is 24.8. The number of ether oxygens (including phenoxy) is 1. The van der Waals surface area contributed by atoms with Gasteiger partial charge < -0.3 is 15.0 Å². The molecule has 4 aromatic carbocycles. The summed E-state index contributed by atoms with van der Waals surface area (Å²) in [5, 5.41) is 3.23. The molecule has 1 N–H and O–H groups in total. The van der Waals surface area contributed by atoms with Gasteiger partial charge >= 0.3 is 6.36 Å². The smallest absolute Gasteiger partial charge is 0.406 e. The van der Waals surface area contributed by atoms with E-state index in [4.69, 9.17) is 0 Å². The van der Waals surface area contributed by atoms with E-state index >= 15 is 0 Å². The summed E-state index contributed by atoms with van der Waals surface area (Å²) in [6, 6.07) is 22.7. The third-order valence-corrected chi connectivity index (χ3v) is 7.78. The molecule has 3 aliphatic rings. The van der Waals surface area contributed by atoms with Crippen LogP contribution in [0.4, 0.5) is 24.5 Å². The molecule has 0 saturated heterocycles. The van der Waals surface area contributed by atoms with Gasteiger partial charge in [-0.15, -0.1) is 13.2 Å². The van der Waals surface area contributed by atoms with Crippen molar-refractivity contribution in [2.24, 2.45) is 0 Å². The van der Waals surface area contributed by atoms with Gasteiger partial charge in [-0.2, -0.15) is 0 Å². The second-order valence-corrected chi connectivity index (χ2v) is 10.1. The molecule has 7 rings (SSSR count). The molecule has 4 aromatic rings. The molecule has 0 radical (unpaired) electrons. The van der Waals surface area contributed by atoms with Gasteiger partial charge in [0.1, 0.15) is 5.75 Å². The lowest BCUT2D eigenvalue weighted by Gasteiger charge is -2.36. The van der Waals surface area contributed by atoms with Gasteiger partial charge in [-0.25, -0.2) is 0 Å². The molecular formula is C32H19F3N2O4. The fourth-order valence-corrected chi connectivity index (χ4v) is 5.99. The van der Waals surface area contributed by atoms with E-state index in [2.05, 4.69) is 10.1 Å². The first-order valence-electron chi connectivity index (χ1n) is 12.7. The van der Waals surface area contributed by atoms with Crippen molar-refractivity contribution in [1.29, 1.82) is 0 Å². The Morgan fingerprint density at radius 3 is 2.15 bits per heavy atom. The number of ketones is 2. The van der Waals surface area contributed by atoms with Gasteiger partial charge in [0.2, 0.25) is 0 Å². The number of likely N-dealkylation sites (N-methyl/N-ethyl adjacent to an activating group) is 1. The molecule has 2 aliphatic heterocycles. The number of hydrogen-bond acceptors (Lipinski definition) is 5. The van der Waals surface area contributed by atoms with Crippen molar-refractivity contribution in [2.75, 3.05) is 17.3 Å². The van der Waals surface area contributed by atoms with Crippen molar-refractivity contribution in [3.05, 3.63) is 130 Å². The summed E-state index contributed by atoms with van der Waals surface area (Å²) in [5.41, 5.74) is 1.85. The number of rotatable bonds is 2. The Kier molecular flexibility index (Phi) is 5.09. The zero-order chi connectivity index (χ0) is 28.7. The maximum absolute atomic E-state index is 14.0. The van der Waals surface area contributed by atoms with Crippen LogP contribution in [0.3, 0.4) is 0 Å². The van der Waals surface area contributed by atoms with Crippen LogP contribution in [0.15, 0.2) is 91.0 Å². The molecule has 202 valence electrons. The molecule has 0 saturated carbocycles. The molecule has 0 unspecified atom stereocenters.